The van der Waals surface area contributed by atoms with Gasteiger partial charge in [0.15, 0.2) is 0 Å². The summed E-state index contributed by atoms with van der Waals surface area (Å²) in [7, 11) is 0. The van der Waals surface area contributed by atoms with E-state index in [1.165, 1.54) is 75.4 Å². The minimum absolute atomic E-state index is 0.156. The van der Waals surface area contributed by atoms with Crippen LogP contribution in [0.2, 0.25) is 0 Å². The van der Waals surface area contributed by atoms with Crippen LogP contribution < -0.4 is 9.80 Å². The van der Waals surface area contributed by atoms with E-state index in [0.29, 0.717) is 0 Å². The van der Waals surface area contributed by atoms with Gasteiger partial charge in [-0.3, -0.25) is 0 Å². The number of benzene rings is 9. The average Bonchev–Trinajstić information content (AvgIpc) is 3.91. The Morgan fingerprint density at radius 2 is 0.836 bits per heavy atom. The van der Waals surface area contributed by atoms with Crippen molar-refractivity contribution in [2.75, 3.05) is 9.80 Å². The fourth-order valence-corrected chi connectivity index (χ4v) is 11.5. The smallest absolute Gasteiger partial charge is 0.0561 e. The van der Waals surface area contributed by atoms with E-state index < -0.39 is 0 Å². The van der Waals surface area contributed by atoms with Gasteiger partial charge < -0.3 is 14.4 Å². The summed E-state index contributed by atoms with van der Waals surface area (Å²) in [5.41, 5.74) is 17.8. The highest BCUT2D eigenvalue weighted by Gasteiger charge is 2.37. The van der Waals surface area contributed by atoms with E-state index in [1.54, 1.807) is 0 Å². The van der Waals surface area contributed by atoms with Crippen LogP contribution in [0.3, 0.4) is 0 Å². The van der Waals surface area contributed by atoms with Crippen LogP contribution in [0, 0.1) is 0 Å². The van der Waals surface area contributed by atoms with Crippen molar-refractivity contribution in [3.8, 4) is 27.9 Å². The highest BCUT2D eigenvalue weighted by atomic mass is 32.1. The predicted octanol–water partition coefficient (Wildman–Crippen LogP) is 16.4. The standard InChI is InChI=1S/C57H39N3S/c1-57(2)51-28-24-41-32-49(51)50-33-42(25-29-52(50)57)59(44-23-27-48-47-19-7-9-21-55(47)61-56(48)35-44)40-17-11-13-37(31-40)36-12-10-16-39(30-36)58(41)43-22-26-46-45-18-6-8-20-53(45)60(54(46)34-43)38-14-4-3-5-15-38/h3-35H,1-2H3. The first kappa shape index (κ1) is 34.5. The first-order valence-corrected chi connectivity index (χ1v) is 21.9. The van der Waals surface area contributed by atoms with Gasteiger partial charge in [-0.2, -0.15) is 0 Å². The molecule has 0 amide bonds. The third-order valence-electron chi connectivity index (χ3n) is 13.3. The van der Waals surface area contributed by atoms with Crippen molar-refractivity contribution in [3.05, 3.63) is 211 Å². The Kier molecular flexibility index (Phi) is 7.23. The van der Waals surface area contributed by atoms with E-state index in [4.69, 9.17) is 0 Å². The van der Waals surface area contributed by atoms with Gasteiger partial charge in [0.25, 0.3) is 0 Å². The number of rotatable bonds is 3. The summed E-state index contributed by atoms with van der Waals surface area (Å²) in [6, 6.07) is 74.7. The molecule has 0 radical (unpaired) electrons. The molecule has 0 spiro atoms. The summed E-state index contributed by atoms with van der Waals surface area (Å²) < 4.78 is 5.02. The van der Waals surface area contributed by atoms with Crippen LogP contribution in [0.1, 0.15) is 25.0 Å². The van der Waals surface area contributed by atoms with Gasteiger partial charge >= 0.3 is 0 Å². The molecule has 288 valence electrons. The molecule has 0 unspecified atom stereocenters. The fraction of sp³-hybridized carbons (Fsp3) is 0.0526. The summed E-state index contributed by atoms with van der Waals surface area (Å²) in [5, 5.41) is 5.11. The van der Waals surface area contributed by atoms with E-state index in [2.05, 4.69) is 228 Å². The number of aromatic nitrogens is 1. The third-order valence-corrected chi connectivity index (χ3v) is 14.4. The van der Waals surface area contributed by atoms with E-state index in [9.17, 15) is 0 Å². The lowest BCUT2D eigenvalue weighted by molar-refractivity contribution is 0.660. The highest BCUT2D eigenvalue weighted by Crippen LogP contribution is 2.53. The number of para-hydroxylation sites is 2. The van der Waals surface area contributed by atoms with E-state index in [1.807, 2.05) is 11.3 Å². The van der Waals surface area contributed by atoms with Gasteiger partial charge in [-0.1, -0.05) is 117 Å². The second-order valence-corrected chi connectivity index (χ2v) is 18.1. The second-order valence-electron chi connectivity index (χ2n) is 17.0. The van der Waals surface area contributed by atoms with Crippen LogP contribution in [0.15, 0.2) is 200 Å². The Bertz CT molecular complexity index is 3590. The Hall–Kier alpha value is -7.40. The van der Waals surface area contributed by atoms with Crippen LogP contribution in [0.4, 0.5) is 34.1 Å². The molecule has 1 aliphatic carbocycles. The highest BCUT2D eigenvalue weighted by molar-refractivity contribution is 7.25. The van der Waals surface area contributed by atoms with Crippen LogP contribution in [0.5, 0.6) is 0 Å². The van der Waals surface area contributed by atoms with Gasteiger partial charge in [0, 0.05) is 76.2 Å². The van der Waals surface area contributed by atoms with E-state index in [0.717, 1.165) is 39.8 Å². The molecule has 11 aromatic rings. The van der Waals surface area contributed by atoms with Gasteiger partial charge in [-0.15, -0.1) is 11.3 Å². The number of hydrogen-bond donors (Lipinski definition) is 0. The Morgan fingerprint density at radius 1 is 0.344 bits per heavy atom. The largest absolute Gasteiger partial charge is 0.310 e. The van der Waals surface area contributed by atoms with Crippen molar-refractivity contribution in [3.63, 3.8) is 0 Å². The predicted molar refractivity (Wildman–Crippen MR) is 260 cm³/mol. The molecule has 0 saturated carbocycles. The van der Waals surface area contributed by atoms with Gasteiger partial charge in [-0.25, -0.2) is 0 Å². The molecule has 0 N–H and O–H groups in total. The summed E-state index contributed by atoms with van der Waals surface area (Å²) >= 11 is 1.87. The molecule has 8 bridgehead atoms. The van der Waals surface area contributed by atoms with Crippen molar-refractivity contribution in [2.45, 2.75) is 19.3 Å². The molecule has 13 rings (SSSR count). The molecule has 0 saturated heterocycles. The Labute approximate surface area is 358 Å². The Balaban J connectivity index is 1.06. The lowest BCUT2D eigenvalue weighted by atomic mass is 9.82. The van der Waals surface area contributed by atoms with Gasteiger partial charge in [0.2, 0.25) is 0 Å². The monoisotopic (exact) mass is 797 g/mol. The van der Waals surface area contributed by atoms with Crippen LogP contribution in [0.25, 0.3) is 69.9 Å². The first-order chi connectivity index (χ1) is 30.0. The molecule has 3 nitrogen and oxygen atoms in total. The van der Waals surface area contributed by atoms with Gasteiger partial charge in [0.05, 0.1) is 11.0 Å². The molecule has 9 aromatic carbocycles. The number of anilines is 6. The average molecular weight is 798 g/mol. The van der Waals surface area contributed by atoms with Crippen molar-refractivity contribution in [1.29, 1.82) is 0 Å². The molecule has 2 aliphatic rings. The van der Waals surface area contributed by atoms with Crippen LogP contribution in [-0.2, 0) is 5.41 Å². The summed E-state index contributed by atoms with van der Waals surface area (Å²) in [6.07, 6.45) is 0. The lowest BCUT2D eigenvalue weighted by Crippen LogP contribution is -2.16. The molecule has 61 heavy (non-hydrogen) atoms. The van der Waals surface area contributed by atoms with E-state index >= 15 is 0 Å². The minimum atomic E-state index is -0.156. The summed E-state index contributed by atoms with van der Waals surface area (Å²) in [6.45, 7) is 4.75. The third kappa shape index (κ3) is 5.09. The Morgan fingerprint density at radius 3 is 1.52 bits per heavy atom. The summed E-state index contributed by atoms with van der Waals surface area (Å²) in [5.74, 6) is 0. The quantitative estimate of drug-likeness (QED) is 0.176. The van der Waals surface area contributed by atoms with E-state index in [-0.39, 0.29) is 5.41 Å². The SMILES string of the molecule is CC1(C)c2ccc3cc2-c2cc(ccc21)N(c1ccc2c4ccccc4n(-c4ccccc4)c2c1)c1cccc(c1)-c1cccc(c1)N3c1ccc2c(c1)sc1ccccc12. The molecule has 4 heteroatoms. The van der Waals surface area contributed by atoms with Gasteiger partial charge in [-0.05, 0) is 130 Å². The minimum Gasteiger partial charge on any atom is -0.310 e. The van der Waals surface area contributed by atoms with Crippen molar-refractivity contribution < 1.29 is 0 Å². The zero-order valence-electron chi connectivity index (χ0n) is 33.8. The zero-order chi connectivity index (χ0) is 40.4. The maximum atomic E-state index is 2.45. The molecule has 1 aliphatic heterocycles. The zero-order valence-corrected chi connectivity index (χ0v) is 34.6. The fourth-order valence-electron chi connectivity index (χ4n) is 10.4. The van der Waals surface area contributed by atoms with Crippen molar-refractivity contribution in [2.24, 2.45) is 0 Å². The molecular weight excluding hydrogens is 759 g/mol. The number of hydrogen-bond acceptors (Lipinski definition) is 3. The number of thiophene rings is 1. The number of nitrogens with zero attached hydrogens (tertiary/aromatic N) is 3. The maximum Gasteiger partial charge on any atom is 0.0561 e. The topological polar surface area (TPSA) is 11.4 Å². The van der Waals surface area contributed by atoms with Crippen molar-refractivity contribution in [1.82, 2.24) is 4.57 Å². The lowest BCUT2D eigenvalue weighted by Gasteiger charge is -2.28. The maximum absolute atomic E-state index is 2.45. The molecule has 0 atom stereocenters. The molecule has 2 aromatic heterocycles. The van der Waals surface area contributed by atoms with Crippen LogP contribution >= 0.6 is 11.3 Å². The first-order valence-electron chi connectivity index (χ1n) is 21.1. The normalized spacial score (nSPS) is 13.8. The van der Waals surface area contributed by atoms with Crippen LogP contribution in [-0.4, -0.2) is 4.57 Å². The molecule has 3 heterocycles. The summed E-state index contributed by atoms with van der Waals surface area (Å²) in [4.78, 5) is 4.90. The van der Waals surface area contributed by atoms with Gasteiger partial charge in [0.1, 0.15) is 0 Å². The number of fused-ring (bicyclic) bond motifs is 13. The molecular formula is C57H39N3S. The van der Waals surface area contributed by atoms with Crippen molar-refractivity contribution >= 4 is 87.4 Å². The molecule has 0 fully saturated rings. The second kappa shape index (κ2) is 12.8.